The van der Waals surface area contributed by atoms with Crippen molar-refractivity contribution in [2.75, 3.05) is 33.2 Å². The maximum Gasteiger partial charge on any atom is 0.215 e. The second-order valence-corrected chi connectivity index (χ2v) is 10.1. The lowest BCUT2D eigenvalue weighted by molar-refractivity contribution is 0.0982. The van der Waals surface area contributed by atoms with Crippen molar-refractivity contribution in [1.29, 1.82) is 0 Å². The minimum atomic E-state index is -3.28. The molecular weight excluding hydrogens is 513 g/mol. The smallest absolute Gasteiger partial charge is 0.215 e. The zero-order chi connectivity index (χ0) is 21.3. The number of hydrogen-bond acceptors (Lipinski definition) is 4. The van der Waals surface area contributed by atoms with E-state index in [1.165, 1.54) is 26.3 Å². The molecule has 1 saturated heterocycles. The minimum absolute atomic E-state index is 0. The molecule has 0 spiro atoms. The van der Waals surface area contributed by atoms with E-state index in [1.54, 1.807) is 0 Å². The van der Waals surface area contributed by atoms with Gasteiger partial charge in [-0.2, -0.15) is 0 Å². The minimum Gasteiger partial charge on any atom is -0.357 e. The van der Waals surface area contributed by atoms with Crippen molar-refractivity contribution in [3.05, 3.63) is 35.4 Å². The van der Waals surface area contributed by atoms with Gasteiger partial charge in [-0.25, -0.2) is 18.1 Å². The standard InChI is InChI=1S/C21H37N5O2S.HI/c1-5-23-20(25-17-21(2,3)26-12-7-6-8-13-26)24-15-18-10-9-11-19(14-18)16-29(27,28)22-4;/h9-11,14,22H,5-8,12-13,15-17H2,1-4H3,(H2,23,24,25);1H. The van der Waals surface area contributed by atoms with E-state index in [9.17, 15) is 8.42 Å². The number of likely N-dealkylation sites (tertiary alicyclic amines) is 1. The molecule has 0 unspecified atom stereocenters. The van der Waals surface area contributed by atoms with E-state index in [1.807, 2.05) is 24.3 Å². The Kier molecular flexibility index (Phi) is 11.6. The molecule has 172 valence electrons. The number of benzene rings is 1. The predicted octanol–water partition coefficient (Wildman–Crippen LogP) is 2.67. The summed E-state index contributed by atoms with van der Waals surface area (Å²) in [5.41, 5.74) is 1.82. The van der Waals surface area contributed by atoms with E-state index in [0.29, 0.717) is 6.54 Å². The maximum absolute atomic E-state index is 11.8. The first-order valence-corrected chi connectivity index (χ1v) is 12.2. The van der Waals surface area contributed by atoms with Gasteiger partial charge in [0.05, 0.1) is 12.3 Å². The first-order valence-electron chi connectivity index (χ1n) is 10.5. The van der Waals surface area contributed by atoms with Gasteiger partial charge in [0.15, 0.2) is 5.96 Å². The van der Waals surface area contributed by atoms with Crippen LogP contribution in [-0.2, 0) is 22.3 Å². The number of sulfonamides is 1. The zero-order valence-corrected chi connectivity index (χ0v) is 21.8. The van der Waals surface area contributed by atoms with Crippen LogP contribution in [0.1, 0.15) is 51.2 Å². The highest BCUT2D eigenvalue weighted by molar-refractivity contribution is 14.0. The summed E-state index contributed by atoms with van der Waals surface area (Å²) < 4.78 is 25.9. The molecule has 1 aromatic carbocycles. The van der Waals surface area contributed by atoms with Gasteiger partial charge in [-0.1, -0.05) is 30.7 Å². The van der Waals surface area contributed by atoms with Crippen LogP contribution in [0.25, 0.3) is 0 Å². The topological polar surface area (TPSA) is 85.8 Å². The number of guanidine groups is 1. The number of nitrogens with one attached hydrogen (secondary N) is 3. The van der Waals surface area contributed by atoms with Crippen molar-refractivity contribution in [1.82, 2.24) is 20.3 Å². The normalized spacial score (nSPS) is 16.1. The Bertz CT molecular complexity index is 777. The summed E-state index contributed by atoms with van der Waals surface area (Å²) in [6.45, 7) is 11.0. The lowest BCUT2D eigenvalue weighted by Gasteiger charge is -2.41. The Labute approximate surface area is 199 Å². The fourth-order valence-corrected chi connectivity index (χ4v) is 4.30. The average Bonchev–Trinajstić information content (AvgIpc) is 2.71. The number of halogens is 1. The predicted molar refractivity (Wildman–Crippen MR) is 136 cm³/mol. The molecule has 0 aromatic heterocycles. The highest BCUT2D eigenvalue weighted by Crippen LogP contribution is 2.19. The quantitative estimate of drug-likeness (QED) is 0.250. The van der Waals surface area contributed by atoms with Crippen molar-refractivity contribution in [3.8, 4) is 0 Å². The fourth-order valence-electron chi connectivity index (χ4n) is 3.53. The first-order chi connectivity index (χ1) is 13.8. The fraction of sp³-hybridized carbons (Fsp3) is 0.667. The molecule has 1 fully saturated rings. The van der Waals surface area contributed by atoms with Crippen LogP contribution in [0, 0.1) is 0 Å². The lowest BCUT2D eigenvalue weighted by atomic mass is 9.98. The molecule has 0 amide bonds. The molecule has 0 atom stereocenters. The van der Waals surface area contributed by atoms with E-state index in [4.69, 9.17) is 4.99 Å². The third kappa shape index (κ3) is 9.07. The monoisotopic (exact) mass is 551 g/mol. The van der Waals surface area contributed by atoms with Gasteiger partial charge in [0.2, 0.25) is 10.0 Å². The van der Waals surface area contributed by atoms with Crippen molar-refractivity contribution in [2.45, 2.75) is 57.9 Å². The molecule has 1 heterocycles. The third-order valence-electron chi connectivity index (χ3n) is 5.32. The summed E-state index contributed by atoms with van der Waals surface area (Å²) >= 11 is 0. The van der Waals surface area contributed by atoms with Crippen molar-refractivity contribution in [3.63, 3.8) is 0 Å². The van der Waals surface area contributed by atoms with Crippen molar-refractivity contribution < 1.29 is 8.42 Å². The molecule has 1 aromatic rings. The van der Waals surface area contributed by atoms with Crippen LogP contribution in [0.4, 0.5) is 0 Å². The largest absolute Gasteiger partial charge is 0.357 e. The Balaban J connectivity index is 0.00000450. The summed E-state index contributed by atoms with van der Waals surface area (Å²) in [6.07, 6.45) is 3.88. The van der Waals surface area contributed by atoms with Gasteiger partial charge in [0.1, 0.15) is 0 Å². The van der Waals surface area contributed by atoms with Gasteiger partial charge in [0, 0.05) is 18.6 Å². The second kappa shape index (κ2) is 12.8. The van der Waals surface area contributed by atoms with Gasteiger partial charge in [-0.15, -0.1) is 24.0 Å². The Morgan fingerprint density at radius 1 is 1.13 bits per heavy atom. The van der Waals surface area contributed by atoms with E-state index >= 15 is 0 Å². The summed E-state index contributed by atoms with van der Waals surface area (Å²) in [6, 6.07) is 7.58. The van der Waals surface area contributed by atoms with Crippen LogP contribution in [0.5, 0.6) is 0 Å². The van der Waals surface area contributed by atoms with Gasteiger partial charge in [-0.3, -0.25) is 4.90 Å². The molecule has 1 aliphatic heterocycles. The number of nitrogens with zero attached hydrogens (tertiary/aromatic N) is 2. The molecule has 2 rings (SSSR count). The zero-order valence-electron chi connectivity index (χ0n) is 18.7. The molecule has 1 aliphatic rings. The summed E-state index contributed by atoms with van der Waals surface area (Å²) in [4.78, 5) is 7.25. The molecule has 9 heteroatoms. The molecule has 0 saturated carbocycles. The molecule has 0 radical (unpaired) electrons. The van der Waals surface area contributed by atoms with E-state index in [0.717, 1.165) is 43.3 Å². The highest BCUT2D eigenvalue weighted by atomic mass is 127. The number of rotatable bonds is 9. The van der Waals surface area contributed by atoms with E-state index < -0.39 is 10.0 Å². The van der Waals surface area contributed by atoms with Crippen LogP contribution in [0.15, 0.2) is 29.3 Å². The Hall–Kier alpha value is -0.910. The summed E-state index contributed by atoms with van der Waals surface area (Å²) in [5.74, 6) is 0.759. The average molecular weight is 552 g/mol. The molecule has 0 bridgehead atoms. The van der Waals surface area contributed by atoms with Crippen molar-refractivity contribution >= 4 is 40.0 Å². The van der Waals surface area contributed by atoms with Gasteiger partial charge in [0.25, 0.3) is 0 Å². The number of aliphatic imine (C=N–C) groups is 1. The van der Waals surface area contributed by atoms with Crippen LogP contribution in [-0.4, -0.2) is 58.0 Å². The van der Waals surface area contributed by atoms with Crippen LogP contribution < -0.4 is 15.4 Å². The molecule has 7 nitrogen and oxygen atoms in total. The van der Waals surface area contributed by atoms with Gasteiger partial charge in [-0.05, 0) is 64.9 Å². The van der Waals surface area contributed by atoms with Crippen LogP contribution in [0.2, 0.25) is 0 Å². The van der Waals surface area contributed by atoms with E-state index in [2.05, 4.69) is 41.0 Å². The maximum atomic E-state index is 11.8. The molecular formula is C21H38IN5O2S. The Morgan fingerprint density at radius 2 is 1.80 bits per heavy atom. The second-order valence-electron chi connectivity index (χ2n) is 8.19. The number of hydrogen-bond donors (Lipinski definition) is 3. The van der Waals surface area contributed by atoms with E-state index in [-0.39, 0.29) is 35.3 Å². The van der Waals surface area contributed by atoms with Gasteiger partial charge >= 0.3 is 0 Å². The molecule has 3 N–H and O–H groups in total. The summed E-state index contributed by atoms with van der Waals surface area (Å²) in [5, 5.41) is 6.79. The highest BCUT2D eigenvalue weighted by Gasteiger charge is 2.27. The van der Waals surface area contributed by atoms with Crippen molar-refractivity contribution in [2.24, 2.45) is 4.99 Å². The summed E-state index contributed by atoms with van der Waals surface area (Å²) in [7, 11) is -1.85. The van der Waals surface area contributed by atoms with Gasteiger partial charge < -0.3 is 10.6 Å². The molecule has 0 aliphatic carbocycles. The first kappa shape index (κ1) is 27.1. The molecule has 30 heavy (non-hydrogen) atoms. The van der Waals surface area contributed by atoms with Crippen LogP contribution in [0.3, 0.4) is 0 Å². The SMILES string of the molecule is CCNC(=NCc1cccc(CS(=O)(=O)NC)c1)NCC(C)(C)N1CCCCC1.I. The number of piperidine rings is 1. The Morgan fingerprint density at radius 3 is 2.43 bits per heavy atom. The van der Waals surface area contributed by atoms with Crippen LogP contribution >= 0.6 is 24.0 Å². The lowest BCUT2D eigenvalue weighted by Crippen LogP contribution is -2.54. The third-order valence-corrected chi connectivity index (χ3v) is 6.66.